The van der Waals surface area contributed by atoms with Gasteiger partial charge in [-0.05, 0) is 56.4 Å². The van der Waals surface area contributed by atoms with Gasteiger partial charge in [0.1, 0.15) is 12.1 Å². The molecular formula is C23H33N3O5. The number of carbonyl (C=O) groups excluding carboxylic acids is 3. The van der Waals surface area contributed by atoms with Crippen LogP contribution in [0.2, 0.25) is 0 Å². The molecule has 0 saturated carbocycles. The van der Waals surface area contributed by atoms with Gasteiger partial charge in [-0.25, -0.2) is 4.79 Å². The zero-order valence-electron chi connectivity index (χ0n) is 19.4. The van der Waals surface area contributed by atoms with Crippen LogP contribution in [0.15, 0.2) is 18.2 Å². The van der Waals surface area contributed by atoms with Gasteiger partial charge in [0.25, 0.3) is 0 Å². The Balaban J connectivity index is 3.08. The van der Waals surface area contributed by atoms with Crippen molar-refractivity contribution in [2.24, 2.45) is 0 Å². The molecule has 8 heteroatoms. The number of esters is 1. The van der Waals surface area contributed by atoms with Gasteiger partial charge in [-0.1, -0.05) is 26.8 Å². The lowest BCUT2D eigenvalue weighted by Crippen LogP contribution is -2.41. The van der Waals surface area contributed by atoms with Crippen molar-refractivity contribution in [3.8, 4) is 6.07 Å². The van der Waals surface area contributed by atoms with E-state index in [1.165, 1.54) is 0 Å². The van der Waals surface area contributed by atoms with E-state index in [1.54, 1.807) is 39.8 Å². The normalized spacial score (nSPS) is 12.3. The second-order valence-electron chi connectivity index (χ2n) is 9.19. The van der Waals surface area contributed by atoms with Gasteiger partial charge in [0.15, 0.2) is 0 Å². The van der Waals surface area contributed by atoms with Gasteiger partial charge in [-0.3, -0.25) is 9.59 Å². The first-order valence-electron chi connectivity index (χ1n) is 10.2. The van der Waals surface area contributed by atoms with E-state index in [1.807, 2.05) is 26.8 Å². The number of carbonyl (C=O) groups is 3. The molecule has 170 valence electrons. The second kappa shape index (κ2) is 10.8. The molecule has 1 aromatic carbocycles. The first-order valence-corrected chi connectivity index (χ1v) is 10.2. The second-order valence-corrected chi connectivity index (χ2v) is 9.19. The minimum atomic E-state index is -0.721. The standard InChI is InChI=1S/C23H33N3O5/c1-8-30-20(28)12-18(26-19(27)14-25-21(29)31-23(5,6)7)16-9-15(13-24)10-17(11-16)22(2,3)4/h9-11,18H,8,12,14H2,1-7H3,(H,25,29)(H,26,27)/t18-/m0/s1. The molecular weight excluding hydrogens is 398 g/mol. The van der Waals surface area contributed by atoms with Crippen molar-refractivity contribution in [1.82, 2.24) is 10.6 Å². The number of nitriles is 1. The maximum atomic E-state index is 12.5. The fraction of sp³-hybridized carbons (Fsp3) is 0.565. The Kier molecular flexibility index (Phi) is 9.04. The van der Waals surface area contributed by atoms with Gasteiger partial charge in [0, 0.05) is 0 Å². The first-order chi connectivity index (χ1) is 14.2. The molecule has 0 aromatic heterocycles. The number of nitrogens with one attached hydrogen (secondary N) is 2. The highest BCUT2D eigenvalue weighted by Gasteiger charge is 2.24. The minimum absolute atomic E-state index is 0.107. The van der Waals surface area contributed by atoms with Gasteiger partial charge in [0.2, 0.25) is 5.91 Å². The van der Waals surface area contributed by atoms with Crippen LogP contribution in [0.5, 0.6) is 0 Å². The summed E-state index contributed by atoms with van der Waals surface area (Å²) < 4.78 is 10.2. The fourth-order valence-corrected chi connectivity index (χ4v) is 2.70. The average Bonchev–Trinajstić information content (AvgIpc) is 2.63. The molecule has 2 N–H and O–H groups in total. The topological polar surface area (TPSA) is 118 Å². The number of benzene rings is 1. The van der Waals surface area contributed by atoms with Crippen LogP contribution in [0.3, 0.4) is 0 Å². The Morgan fingerprint density at radius 3 is 2.26 bits per heavy atom. The summed E-state index contributed by atoms with van der Waals surface area (Å²) in [5, 5.41) is 14.6. The maximum Gasteiger partial charge on any atom is 0.408 e. The van der Waals surface area contributed by atoms with Crippen molar-refractivity contribution in [2.75, 3.05) is 13.2 Å². The predicted molar refractivity (Wildman–Crippen MR) is 116 cm³/mol. The molecule has 0 spiro atoms. The Bertz CT molecular complexity index is 844. The molecule has 0 aliphatic carbocycles. The number of amides is 2. The molecule has 0 heterocycles. The van der Waals surface area contributed by atoms with E-state index in [-0.39, 0.29) is 25.0 Å². The molecule has 0 aliphatic heterocycles. The van der Waals surface area contributed by atoms with Crippen LogP contribution in [0.25, 0.3) is 0 Å². The number of ether oxygens (including phenoxy) is 2. The van der Waals surface area contributed by atoms with Crippen molar-refractivity contribution >= 4 is 18.0 Å². The lowest BCUT2D eigenvalue weighted by atomic mass is 9.84. The maximum absolute atomic E-state index is 12.5. The lowest BCUT2D eigenvalue weighted by Gasteiger charge is -2.24. The van der Waals surface area contributed by atoms with E-state index in [0.29, 0.717) is 11.1 Å². The molecule has 1 atom stereocenters. The SMILES string of the molecule is CCOC(=O)C[C@H](NC(=O)CNC(=O)OC(C)(C)C)c1cc(C#N)cc(C(C)(C)C)c1. The summed E-state index contributed by atoms with van der Waals surface area (Å²) in [4.78, 5) is 36.4. The summed E-state index contributed by atoms with van der Waals surface area (Å²) >= 11 is 0. The molecule has 0 radical (unpaired) electrons. The summed E-state index contributed by atoms with van der Waals surface area (Å²) in [6.45, 7) is 12.8. The molecule has 1 aromatic rings. The van der Waals surface area contributed by atoms with Gasteiger partial charge >= 0.3 is 12.1 Å². The number of rotatable bonds is 7. The van der Waals surface area contributed by atoms with Gasteiger partial charge in [-0.2, -0.15) is 5.26 Å². The Hall–Kier alpha value is -3.08. The molecule has 31 heavy (non-hydrogen) atoms. The molecule has 0 unspecified atom stereocenters. The van der Waals surface area contributed by atoms with Gasteiger partial charge < -0.3 is 20.1 Å². The highest BCUT2D eigenvalue weighted by molar-refractivity contribution is 5.83. The van der Waals surface area contributed by atoms with E-state index in [2.05, 4.69) is 16.7 Å². The summed E-state index contributed by atoms with van der Waals surface area (Å²) in [5.41, 5.74) is 1.02. The van der Waals surface area contributed by atoms with E-state index in [0.717, 1.165) is 5.56 Å². The van der Waals surface area contributed by atoms with Crippen LogP contribution in [-0.4, -0.2) is 36.7 Å². The van der Waals surface area contributed by atoms with Crippen molar-refractivity contribution in [1.29, 1.82) is 5.26 Å². The number of nitrogens with zero attached hydrogens (tertiary/aromatic N) is 1. The van der Waals surface area contributed by atoms with Crippen LogP contribution in [0.1, 0.15) is 77.6 Å². The lowest BCUT2D eigenvalue weighted by molar-refractivity contribution is -0.143. The summed E-state index contributed by atoms with van der Waals surface area (Å²) in [7, 11) is 0. The summed E-state index contributed by atoms with van der Waals surface area (Å²) in [6.07, 6.45) is -0.823. The molecule has 0 bridgehead atoms. The van der Waals surface area contributed by atoms with E-state index in [4.69, 9.17) is 9.47 Å². The number of hydrogen-bond donors (Lipinski definition) is 2. The highest BCUT2D eigenvalue weighted by Crippen LogP contribution is 2.28. The number of hydrogen-bond acceptors (Lipinski definition) is 6. The summed E-state index contributed by atoms with van der Waals surface area (Å²) in [6, 6.07) is 6.70. The zero-order valence-corrected chi connectivity index (χ0v) is 19.4. The van der Waals surface area contributed by atoms with E-state index >= 15 is 0 Å². The molecule has 1 rings (SSSR count). The predicted octanol–water partition coefficient (Wildman–Crippen LogP) is 3.49. The van der Waals surface area contributed by atoms with Crippen molar-refractivity contribution < 1.29 is 23.9 Å². The van der Waals surface area contributed by atoms with Crippen molar-refractivity contribution in [3.63, 3.8) is 0 Å². The Morgan fingerprint density at radius 2 is 1.74 bits per heavy atom. The van der Waals surface area contributed by atoms with E-state index < -0.39 is 29.6 Å². The average molecular weight is 432 g/mol. The fourth-order valence-electron chi connectivity index (χ4n) is 2.70. The van der Waals surface area contributed by atoms with Crippen LogP contribution >= 0.6 is 0 Å². The smallest absolute Gasteiger partial charge is 0.408 e. The van der Waals surface area contributed by atoms with Crippen molar-refractivity contribution in [3.05, 3.63) is 34.9 Å². The van der Waals surface area contributed by atoms with Crippen LogP contribution in [0.4, 0.5) is 4.79 Å². The third kappa shape index (κ3) is 9.51. The molecule has 8 nitrogen and oxygen atoms in total. The summed E-state index contributed by atoms with van der Waals surface area (Å²) in [5.74, 6) is -0.979. The third-order valence-corrected chi connectivity index (χ3v) is 4.16. The molecule has 0 aliphatic rings. The van der Waals surface area contributed by atoms with Crippen LogP contribution < -0.4 is 10.6 Å². The minimum Gasteiger partial charge on any atom is -0.466 e. The monoisotopic (exact) mass is 431 g/mol. The van der Waals surface area contributed by atoms with E-state index in [9.17, 15) is 19.6 Å². The third-order valence-electron chi connectivity index (χ3n) is 4.16. The largest absolute Gasteiger partial charge is 0.466 e. The Morgan fingerprint density at radius 1 is 1.10 bits per heavy atom. The molecule has 2 amide bonds. The highest BCUT2D eigenvalue weighted by atomic mass is 16.6. The molecule has 0 fully saturated rings. The van der Waals surface area contributed by atoms with Gasteiger partial charge in [-0.15, -0.1) is 0 Å². The van der Waals surface area contributed by atoms with Crippen molar-refractivity contribution in [2.45, 2.75) is 71.9 Å². The first kappa shape index (κ1) is 26.0. The molecule has 0 saturated heterocycles. The van der Waals surface area contributed by atoms with Crippen LogP contribution in [0, 0.1) is 11.3 Å². The quantitative estimate of drug-likeness (QED) is 0.638. The Labute approximate surface area is 184 Å². The van der Waals surface area contributed by atoms with Gasteiger partial charge in [0.05, 0.1) is 30.7 Å². The van der Waals surface area contributed by atoms with Crippen LogP contribution in [-0.2, 0) is 24.5 Å². The zero-order chi connectivity index (χ0) is 23.8. The number of alkyl carbamates (subject to hydrolysis) is 1.